The van der Waals surface area contributed by atoms with Gasteiger partial charge in [0.05, 0.1) is 12.6 Å². The Balaban J connectivity index is 2.69. The minimum absolute atomic E-state index is 0.123. The van der Waals surface area contributed by atoms with Crippen LogP contribution in [0, 0.1) is 5.92 Å². The van der Waals surface area contributed by atoms with Gasteiger partial charge in [-0.1, -0.05) is 6.08 Å². The number of hydrogen-bond donors (Lipinski definition) is 0. The molecule has 0 saturated carbocycles. The van der Waals surface area contributed by atoms with Crippen LogP contribution in [-0.2, 0) is 19.1 Å². The second kappa shape index (κ2) is 6.33. The topological polar surface area (TPSA) is 63.7 Å². The number of amides is 1. The summed E-state index contributed by atoms with van der Waals surface area (Å²) in [5.41, 5.74) is 0. The number of esters is 1. The average molecular weight is 253 g/mol. The van der Waals surface area contributed by atoms with Crippen LogP contribution in [0.5, 0.6) is 0 Å². The molecule has 0 aromatic carbocycles. The Morgan fingerprint density at radius 3 is 2.78 bits per heavy atom. The van der Waals surface area contributed by atoms with Crippen LogP contribution >= 0.6 is 0 Å². The molecular weight excluding hydrogens is 234 g/mol. The number of carbonyl (C=O) groups excluding carboxylic acids is 3. The van der Waals surface area contributed by atoms with Crippen molar-refractivity contribution in [2.24, 2.45) is 5.92 Å². The van der Waals surface area contributed by atoms with E-state index < -0.39 is 17.9 Å². The largest absolute Gasteiger partial charge is 0.465 e. The first-order valence-electron chi connectivity index (χ1n) is 6.13. The lowest BCUT2D eigenvalue weighted by atomic mass is 10.1. The first-order chi connectivity index (χ1) is 8.52. The highest BCUT2D eigenvalue weighted by Gasteiger charge is 2.44. The van der Waals surface area contributed by atoms with Gasteiger partial charge in [-0.15, -0.1) is 6.58 Å². The van der Waals surface area contributed by atoms with Gasteiger partial charge < -0.3 is 9.64 Å². The fourth-order valence-electron chi connectivity index (χ4n) is 2.01. The van der Waals surface area contributed by atoms with Crippen LogP contribution in [0.4, 0.5) is 0 Å². The summed E-state index contributed by atoms with van der Waals surface area (Å²) in [4.78, 5) is 36.8. The van der Waals surface area contributed by atoms with Crippen molar-refractivity contribution < 1.29 is 19.1 Å². The van der Waals surface area contributed by atoms with E-state index in [-0.39, 0.29) is 24.8 Å². The lowest BCUT2D eigenvalue weighted by molar-refractivity contribution is -0.150. The Bertz CT molecular complexity index is 364. The van der Waals surface area contributed by atoms with Crippen molar-refractivity contribution in [1.82, 2.24) is 4.90 Å². The Labute approximate surface area is 107 Å². The van der Waals surface area contributed by atoms with Gasteiger partial charge in [-0.3, -0.25) is 14.4 Å². The number of ketones is 1. The van der Waals surface area contributed by atoms with Gasteiger partial charge >= 0.3 is 5.97 Å². The molecule has 1 aliphatic heterocycles. The van der Waals surface area contributed by atoms with Crippen molar-refractivity contribution >= 4 is 17.7 Å². The second-order valence-corrected chi connectivity index (χ2v) is 4.26. The molecule has 1 saturated heterocycles. The van der Waals surface area contributed by atoms with E-state index in [2.05, 4.69) is 6.58 Å². The molecule has 1 heterocycles. The number of Topliss-reactive ketones (excluding diaryl/α,β-unsaturated/α-hetero) is 1. The summed E-state index contributed by atoms with van der Waals surface area (Å²) in [7, 11) is 0. The van der Waals surface area contributed by atoms with E-state index in [1.165, 1.54) is 4.90 Å². The SMILES string of the molecule is C=CCCC(=O)N1CC(C(=O)OCC)C(=O)C1C. The number of carbonyl (C=O) groups is 3. The average Bonchev–Trinajstić information content (AvgIpc) is 2.64. The summed E-state index contributed by atoms with van der Waals surface area (Å²) in [6.45, 7) is 7.25. The highest BCUT2D eigenvalue weighted by molar-refractivity contribution is 6.05. The number of allylic oxidation sites excluding steroid dienone is 1. The standard InChI is InChI=1S/C13H19NO4/c1-4-6-7-11(15)14-8-10(12(16)9(14)3)13(17)18-5-2/h4,9-10H,1,5-8H2,2-3H3. The first-order valence-corrected chi connectivity index (χ1v) is 6.13. The van der Waals surface area contributed by atoms with E-state index in [1.54, 1.807) is 19.9 Å². The minimum atomic E-state index is -0.826. The molecule has 1 rings (SSSR count). The van der Waals surface area contributed by atoms with Gasteiger partial charge in [0.1, 0.15) is 5.92 Å². The number of ether oxygens (including phenoxy) is 1. The van der Waals surface area contributed by atoms with Gasteiger partial charge in [0.25, 0.3) is 0 Å². The highest BCUT2D eigenvalue weighted by atomic mass is 16.5. The van der Waals surface area contributed by atoms with E-state index >= 15 is 0 Å². The molecule has 2 atom stereocenters. The molecule has 0 N–H and O–H groups in total. The summed E-state index contributed by atoms with van der Waals surface area (Å²) in [6, 6.07) is -0.545. The Morgan fingerprint density at radius 2 is 2.22 bits per heavy atom. The van der Waals surface area contributed by atoms with Gasteiger partial charge in [-0.05, 0) is 20.3 Å². The highest BCUT2D eigenvalue weighted by Crippen LogP contribution is 2.22. The van der Waals surface area contributed by atoms with Gasteiger partial charge in [0, 0.05) is 13.0 Å². The number of nitrogens with zero attached hydrogens (tertiary/aromatic N) is 1. The third-order valence-electron chi connectivity index (χ3n) is 3.06. The van der Waals surface area contributed by atoms with E-state index in [0.717, 1.165) is 0 Å². The lowest BCUT2D eigenvalue weighted by Gasteiger charge is -2.19. The zero-order valence-corrected chi connectivity index (χ0v) is 10.8. The predicted octanol–water partition coefficient (Wildman–Crippen LogP) is 0.932. The maximum atomic E-state index is 11.9. The Kier molecular flexibility index (Phi) is 5.07. The monoisotopic (exact) mass is 253 g/mol. The summed E-state index contributed by atoms with van der Waals surface area (Å²) < 4.78 is 4.84. The molecule has 18 heavy (non-hydrogen) atoms. The van der Waals surface area contributed by atoms with E-state index in [0.29, 0.717) is 12.8 Å². The molecule has 0 aromatic rings. The van der Waals surface area contributed by atoms with Crippen LogP contribution in [0.1, 0.15) is 26.7 Å². The van der Waals surface area contributed by atoms with E-state index in [4.69, 9.17) is 4.74 Å². The zero-order chi connectivity index (χ0) is 13.7. The minimum Gasteiger partial charge on any atom is -0.465 e. The van der Waals surface area contributed by atoms with Crippen LogP contribution in [0.15, 0.2) is 12.7 Å². The zero-order valence-electron chi connectivity index (χ0n) is 10.8. The molecule has 1 aliphatic rings. The van der Waals surface area contributed by atoms with Gasteiger partial charge in [0.2, 0.25) is 5.91 Å². The van der Waals surface area contributed by atoms with Gasteiger partial charge in [-0.25, -0.2) is 0 Å². The van der Waals surface area contributed by atoms with E-state index in [1.807, 2.05) is 0 Å². The Hall–Kier alpha value is -1.65. The third kappa shape index (κ3) is 2.97. The van der Waals surface area contributed by atoms with Crippen LogP contribution in [-0.4, -0.2) is 41.8 Å². The fourth-order valence-corrected chi connectivity index (χ4v) is 2.01. The molecule has 0 spiro atoms. The number of likely N-dealkylation sites (tertiary alicyclic amines) is 1. The molecule has 2 unspecified atom stereocenters. The summed E-state index contributed by atoms with van der Waals surface area (Å²) in [5.74, 6) is -1.72. The molecule has 0 bridgehead atoms. The van der Waals surface area contributed by atoms with Crippen molar-refractivity contribution in [2.75, 3.05) is 13.2 Å². The second-order valence-electron chi connectivity index (χ2n) is 4.26. The van der Waals surface area contributed by atoms with Crippen molar-refractivity contribution in [2.45, 2.75) is 32.7 Å². The first kappa shape index (κ1) is 14.4. The van der Waals surface area contributed by atoms with E-state index in [9.17, 15) is 14.4 Å². The fraction of sp³-hybridized carbons (Fsp3) is 0.615. The molecule has 0 aliphatic carbocycles. The summed E-state index contributed by atoms with van der Waals surface area (Å²) in [6.07, 6.45) is 2.54. The summed E-state index contributed by atoms with van der Waals surface area (Å²) >= 11 is 0. The maximum Gasteiger partial charge on any atom is 0.318 e. The molecule has 1 fully saturated rings. The Morgan fingerprint density at radius 1 is 1.56 bits per heavy atom. The van der Waals surface area contributed by atoms with Crippen molar-refractivity contribution in [3.63, 3.8) is 0 Å². The van der Waals surface area contributed by atoms with Crippen LogP contribution in [0.25, 0.3) is 0 Å². The lowest BCUT2D eigenvalue weighted by Crippen LogP contribution is -2.35. The van der Waals surface area contributed by atoms with Crippen molar-refractivity contribution in [3.05, 3.63) is 12.7 Å². The van der Waals surface area contributed by atoms with Gasteiger partial charge in [-0.2, -0.15) is 0 Å². The van der Waals surface area contributed by atoms with Crippen molar-refractivity contribution in [3.8, 4) is 0 Å². The number of hydrogen-bond acceptors (Lipinski definition) is 4. The van der Waals surface area contributed by atoms with Crippen LogP contribution < -0.4 is 0 Å². The molecular formula is C13H19NO4. The molecule has 100 valence electrons. The smallest absolute Gasteiger partial charge is 0.318 e. The number of rotatable bonds is 5. The maximum absolute atomic E-state index is 11.9. The molecule has 0 radical (unpaired) electrons. The quantitative estimate of drug-likeness (QED) is 0.415. The summed E-state index contributed by atoms with van der Waals surface area (Å²) in [5, 5.41) is 0. The van der Waals surface area contributed by atoms with Gasteiger partial charge in [0.15, 0.2) is 5.78 Å². The van der Waals surface area contributed by atoms with Crippen LogP contribution in [0.2, 0.25) is 0 Å². The predicted molar refractivity (Wildman–Crippen MR) is 65.7 cm³/mol. The molecule has 5 nitrogen and oxygen atoms in total. The normalized spacial score (nSPS) is 23.0. The molecule has 5 heteroatoms. The molecule has 1 amide bonds. The van der Waals surface area contributed by atoms with Crippen LogP contribution in [0.3, 0.4) is 0 Å². The molecule has 0 aromatic heterocycles. The third-order valence-corrected chi connectivity index (χ3v) is 3.06. The van der Waals surface area contributed by atoms with Crippen molar-refractivity contribution in [1.29, 1.82) is 0 Å².